The molecule has 0 fully saturated rings. The SMILES string of the molecule is COC(=O)[C@H](CC(C)C)NC(=O)/C(=C1\OC(=O)C(c2ccccc2)=C1OC)c1ccccc1. The summed E-state index contributed by atoms with van der Waals surface area (Å²) >= 11 is 0. The number of rotatable bonds is 8. The number of hydrogen-bond acceptors (Lipinski definition) is 6. The maximum atomic E-state index is 13.5. The summed E-state index contributed by atoms with van der Waals surface area (Å²) < 4.78 is 16.0. The quantitative estimate of drug-likeness (QED) is 0.488. The van der Waals surface area contributed by atoms with Crippen molar-refractivity contribution < 1.29 is 28.6 Å². The molecule has 7 heteroatoms. The van der Waals surface area contributed by atoms with Crippen LogP contribution in [0.15, 0.2) is 72.2 Å². The van der Waals surface area contributed by atoms with Crippen LogP contribution in [-0.4, -0.2) is 38.1 Å². The second-order valence-corrected chi connectivity index (χ2v) is 7.91. The van der Waals surface area contributed by atoms with Gasteiger partial charge >= 0.3 is 11.9 Å². The van der Waals surface area contributed by atoms with Crippen molar-refractivity contribution in [3.63, 3.8) is 0 Å². The summed E-state index contributed by atoms with van der Waals surface area (Å²) in [5, 5.41) is 2.75. The molecule has 2 aromatic rings. The van der Waals surface area contributed by atoms with Gasteiger partial charge in [-0.05, 0) is 23.5 Å². The van der Waals surface area contributed by atoms with Crippen molar-refractivity contribution >= 4 is 29.0 Å². The number of carbonyl (C=O) groups excluding carboxylic acids is 3. The van der Waals surface area contributed by atoms with E-state index in [1.807, 2.05) is 26.0 Å². The largest absolute Gasteiger partial charge is 0.492 e. The third-order valence-corrected chi connectivity index (χ3v) is 5.11. The predicted octanol–water partition coefficient (Wildman–Crippen LogP) is 3.72. The zero-order chi connectivity index (χ0) is 24.0. The summed E-state index contributed by atoms with van der Waals surface area (Å²) in [4.78, 5) is 38.6. The van der Waals surface area contributed by atoms with E-state index >= 15 is 0 Å². The van der Waals surface area contributed by atoms with Crippen LogP contribution in [0.5, 0.6) is 0 Å². The van der Waals surface area contributed by atoms with Crippen LogP contribution in [0.3, 0.4) is 0 Å². The number of cyclic esters (lactones) is 1. The molecule has 0 radical (unpaired) electrons. The molecule has 0 saturated carbocycles. The molecule has 7 nitrogen and oxygen atoms in total. The number of methoxy groups -OCH3 is 2. The summed E-state index contributed by atoms with van der Waals surface area (Å²) in [5.41, 5.74) is 1.43. The van der Waals surface area contributed by atoms with Gasteiger partial charge in [0.1, 0.15) is 11.6 Å². The molecular formula is C26H27NO6. The number of ether oxygens (including phenoxy) is 3. The Labute approximate surface area is 193 Å². The summed E-state index contributed by atoms with van der Waals surface area (Å²) in [6.45, 7) is 3.88. The van der Waals surface area contributed by atoms with Crippen molar-refractivity contribution in [3.05, 3.63) is 83.3 Å². The van der Waals surface area contributed by atoms with Crippen LogP contribution in [0, 0.1) is 5.92 Å². The molecule has 2 aromatic carbocycles. The Morgan fingerprint density at radius 3 is 2.12 bits per heavy atom. The van der Waals surface area contributed by atoms with Crippen molar-refractivity contribution in [2.24, 2.45) is 5.92 Å². The van der Waals surface area contributed by atoms with Gasteiger partial charge in [0.15, 0.2) is 11.5 Å². The third kappa shape index (κ3) is 5.31. The van der Waals surface area contributed by atoms with Gasteiger partial charge in [0.25, 0.3) is 5.91 Å². The molecule has 0 saturated heterocycles. The van der Waals surface area contributed by atoms with Gasteiger partial charge in [-0.15, -0.1) is 0 Å². The highest BCUT2D eigenvalue weighted by atomic mass is 16.6. The Kier molecular flexibility index (Phi) is 7.66. The number of benzene rings is 2. The predicted molar refractivity (Wildman–Crippen MR) is 123 cm³/mol. The Bertz CT molecular complexity index is 1090. The lowest BCUT2D eigenvalue weighted by Gasteiger charge is -2.20. The van der Waals surface area contributed by atoms with E-state index < -0.39 is 23.9 Å². The first-order chi connectivity index (χ1) is 15.9. The zero-order valence-electron chi connectivity index (χ0n) is 19.1. The first kappa shape index (κ1) is 23.8. The first-order valence-electron chi connectivity index (χ1n) is 10.6. The summed E-state index contributed by atoms with van der Waals surface area (Å²) in [5.74, 6) is -1.47. The smallest absolute Gasteiger partial charge is 0.348 e. The van der Waals surface area contributed by atoms with Gasteiger partial charge in [0.05, 0.1) is 19.8 Å². The molecule has 1 amide bonds. The van der Waals surface area contributed by atoms with Crippen molar-refractivity contribution in [2.75, 3.05) is 14.2 Å². The standard InChI is InChI=1S/C26H27NO6/c1-16(2)15-19(25(29)32-4)27-24(28)20(17-11-7-5-8-12-17)23-22(31-3)21(26(30)33-23)18-13-9-6-10-14-18/h5-14,16,19H,15H2,1-4H3,(H,27,28)/b23-20-/t19-/m0/s1. The Balaban J connectivity index is 2.15. The normalized spacial score (nSPS) is 15.7. The monoisotopic (exact) mass is 449 g/mol. The molecule has 1 aliphatic heterocycles. The van der Waals surface area contributed by atoms with E-state index in [0.29, 0.717) is 17.5 Å². The van der Waals surface area contributed by atoms with Crippen LogP contribution in [-0.2, 0) is 28.6 Å². The van der Waals surface area contributed by atoms with Gasteiger partial charge in [0.2, 0.25) is 0 Å². The Hall–Kier alpha value is -3.87. The lowest BCUT2D eigenvalue weighted by atomic mass is 9.99. The van der Waals surface area contributed by atoms with E-state index in [9.17, 15) is 14.4 Å². The van der Waals surface area contributed by atoms with Crippen LogP contribution in [0.2, 0.25) is 0 Å². The maximum absolute atomic E-state index is 13.5. The van der Waals surface area contributed by atoms with Crippen molar-refractivity contribution in [1.29, 1.82) is 0 Å². The van der Waals surface area contributed by atoms with E-state index in [-0.39, 0.29) is 28.6 Å². The van der Waals surface area contributed by atoms with Crippen molar-refractivity contribution in [3.8, 4) is 0 Å². The molecule has 0 spiro atoms. The van der Waals surface area contributed by atoms with E-state index in [2.05, 4.69) is 5.32 Å². The highest BCUT2D eigenvalue weighted by Gasteiger charge is 2.37. The van der Waals surface area contributed by atoms with E-state index in [1.165, 1.54) is 14.2 Å². The molecule has 0 bridgehead atoms. The minimum atomic E-state index is -0.859. The van der Waals surface area contributed by atoms with Crippen LogP contribution in [0.25, 0.3) is 11.1 Å². The maximum Gasteiger partial charge on any atom is 0.348 e. The molecule has 1 heterocycles. The lowest BCUT2D eigenvalue weighted by Crippen LogP contribution is -2.43. The van der Waals surface area contributed by atoms with Gasteiger partial charge in [-0.25, -0.2) is 9.59 Å². The van der Waals surface area contributed by atoms with E-state index in [4.69, 9.17) is 14.2 Å². The van der Waals surface area contributed by atoms with Gasteiger partial charge < -0.3 is 19.5 Å². The number of hydrogen-bond donors (Lipinski definition) is 1. The topological polar surface area (TPSA) is 90.9 Å². The Morgan fingerprint density at radius 1 is 0.970 bits per heavy atom. The number of amides is 1. The van der Waals surface area contributed by atoms with Crippen molar-refractivity contribution in [2.45, 2.75) is 26.3 Å². The molecule has 0 unspecified atom stereocenters. The molecule has 3 rings (SSSR count). The van der Waals surface area contributed by atoms with Gasteiger partial charge in [-0.3, -0.25) is 4.79 Å². The van der Waals surface area contributed by atoms with E-state index in [1.54, 1.807) is 48.5 Å². The molecule has 172 valence electrons. The third-order valence-electron chi connectivity index (χ3n) is 5.11. The van der Waals surface area contributed by atoms with Crippen LogP contribution >= 0.6 is 0 Å². The molecule has 1 aliphatic rings. The second kappa shape index (κ2) is 10.6. The molecule has 33 heavy (non-hydrogen) atoms. The van der Waals surface area contributed by atoms with Crippen LogP contribution in [0.4, 0.5) is 0 Å². The van der Waals surface area contributed by atoms with Crippen LogP contribution < -0.4 is 5.32 Å². The van der Waals surface area contributed by atoms with Crippen molar-refractivity contribution in [1.82, 2.24) is 5.32 Å². The number of esters is 2. The minimum Gasteiger partial charge on any atom is -0.492 e. The van der Waals surface area contributed by atoms with E-state index in [0.717, 1.165) is 0 Å². The summed E-state index contributed by atoms with van der Waals surface area (Å²) in [6, 6.07) is 16.9. The molecule has 0 aliphatic carbocycles. The average molecular weight is 450 g/mol. The number of nitrogens with one attached hydrogen (secondary N) is 1. The van der Waals surface area contributed by atoms with Crippen LogP contribution in [0.1, 0.15) is 31.4 Å². The molecule has 0 aromatic heterocycles. The fourth-order valence-corrected chi connectivity index (χ4v) is 3.64. The molecule has 1 N–H and O–H groups in total. The molecular weight excluding hydrogens is 422 g/mol. The average Bonchev–Trinajstić information content (AvgIpc) is 3.14. The van der Waals surface area contributed by atoms with Gasteiger partial charge in [-0.2, -0.15) is 0 Å². The fraction of sp³-hybridized carbons (Fsp3) is 0.269. The highest BCUT2D eigenvalue weighted by molar-refractivity contribution is 6.26. The number of carbonyl (C=O) groups is 3. The fourth-order valence-electron chi connectivity index (χ4n) is 3.64. The summed E-state index contributed by atoms with van der Waals surface area (Å²) in [6.07, 6.45) is 0.387. The highest BCUT2D eigenvalue weighted by Crippen LogP contribution is 2.38. The Morgan fingerprint density at radius 2 is 1.58 bits per heavy atom. The summed E-state index contributed by atoms with van der Waals surface area (Å²) in [7, 11) is 2.69. The zero-order valence-corrected chi connectivity index (χ0v) is 19.1. The minimum absolute atomic E-state index is 0.00165. The lowest BCUT2D eigenvalue weighted by molar-refractivity contribution is -0.145. The first-order valence-corrected chi connectivity index (χ1v) is 10.6. The molecule has 1 atom stereocenters. The van der Waals surface area contributed by atoms with Gasteiger partial charge in [0, 0.05) is 0 Å². The van der Waals surface area contributed by atoms with Gasteiger partial charge in [-0.1, -0.05) is 74.5 Å². The second-order valence-electron chi connectivity index (χ2n) is 7.91.